The number of hydrogen-bond acceptors (Lipinski definition) is 5. The van der Waals surface area contributed by atoms with Gasteiger partial charge < -0.3 is 14.2 Å². The molecule has 0 bridgehead atoms. The third-order valence-electron chi connectivity index (χ3n) is 11.5. The number of hydrogen-bond donors (Lipinski definition) is 0. The molecule has 0 radical (unpaired) electrons. The van der Waals surface area contributed by atoms with Gasteiger partial charge in [0.1, 0.15) is 6.10 Å². The molecule has 0 aromatic rings. The van der Waals surface area contributed by atoms with Gasteiger partial charge in [0, 0.05) is 24.2 Å². The number of ketones is 1. The zero-order valence-corrected chi connectivity index (χ0v) is 23.4. The fourth-order valence-corrected chi connectivity index (χ4v) is 11.0. The van der Waals surface area contributed by atoms with E-state index in [2.05, 4.69) is 49.7 Å². The molecule has 194 valence electrons. The van der Waals surface area contributed by atoms with Crippen molar-refractivity contribution in [3.05, 3.63) is 11.6 Å². The Kier molecular flexibility index (Phi) is 5.72. The summed E-state index contributed by atoms with van der Waals surface area (Å²) in [5.74, 6) is 1.66. The third kappa shape index (κ3) is 3.30. The lowest BCUT2D eigenvalue weighted by atomic mass is 9.48. The summed E-state index contributed by atoms with van der Waals surface area (Å²) in [4.78, 5) is 25.8. The molecule has 3 saturated carbocycles. The van der Waals surface area contributed by atoms with Crippen molar-refractivity contribution < 1.29 is 23.8 Å². The summed E-state index contributed by atoms with van der Waals surface area (Å²) < 4.78 is 18.9. The highest BCUT2D eigenvalue weighted by Crippen LogP contribution is 2.69. The Balaban J connectivity index is 1.30. The van der Waals surface area contributed by atoms with Gasteiger partial charge in [0.25, 0.3) is 0 Å². The first kappa shape index (κ1) is 24.6. The van der Waals surface area contributed by atoms with Gasteiger partial charge in [0.05, 0.1) is 17.5 Å². The Morgan fingerprint density at radius 3 is 2.63 bits per heavy atom. The maximum atomic E-state index is 14.1. The number of ether oxygens (including phenoxy) is 3. The van der Waals surface area contributed by atoms with Crippen LogP contribution in [0, 0.1) is 46.3 Å². The zero-order chi connectivity index (χ0) is 24.9. The Morgan fingerprint density at radius 1 is 1.14 bits per heavy atom. The van der Waals surface area contributed by atoms with Crippen LogP contribution in [0.4, 0.5) is 0 Å². The lowest BCUT2D eigenvalue weighted by Crippen LogP contribution is -2.56. The molecule has 0 N–H and O–H groups in total. The minimum absolute atomic E-state index is 0.0268. The SMILES string of the molecule is CC(=O)O[C@H]1CC[C@]2(C)C3=CC(=O)[C@@]4(C)[C@H]5[C@H](C[C@@H]4[C@H]3CC[C@H]2C1)O[C@@]1(OC[C@H](C)C[C@H]1Br)[C@@H]5C. The molecule has 35 heavy (non-hydrogen) atoms. The third-order valence-corrected chi connectivity index (χ3v) is 12.5. The lowest BCUT2D eigenvalue weighted by molar-refractivity contribution is -0.266. The second kappa shape index (κ2) is 8.14. The largest absolute Gasteiger partial charge is 0.463 e. The molecule has 12 atom stereocenters. The minimum atomic E-state index is -0.612. The van der Waals surface area contributed by atoms with Gasteiger partial charge in [-0.3, -0.25) is 9.59 Å². The molecule has 4 aliphatic carbocycles. The first-order chi connectivity index (χ1) is 16.5. The molecule has 6 rings (SSSR count). The van der Waals surface area contributed by atoms with E-state index in [1.807, 2.05) is 0 Å². The van der Waals surface area contributed by atoms with Crippen LogP contribution in [0.15, 0.2) is 11.6 Å². The maximum Gasteiger partial charge on any atom is 0.302 e. The molecule has 0 aromatic heterocycles. The van der Waals surface area contributed by atoms with Gasteiger partial charge in [0.2, 0.25) is 0 Å². The summed E-state index contributed by atoms with van der Waals surface area (Å²) in [6.45, 7) is 11.4. The van der Waals surface area contributed by atoms with Crippen molar-refractivity contribution in [1.29, 1.82) is 0 Å². The monoisotopic (exact) mass is 548 g/mol. The van der Waals surface area contributed by atoms with Crippen LogP contribution in [-0.4, -0.2) is 41.2 Å². The average Bonchev–Trinajstić information content (AvgIpc) is 3.24. The predicted molar refractivity (Wildman–Crippen MR) is 136 cm³/mol. The number of carbonyl (C=O) groups is 2. The zero-order valence-electron chi connectivity index (χ0n) is 21.8. The number of halogens is 1. The highest BCUT2D eigenvalue weighted by molar-refractivity contribution is 9.09. The second-order valence-corrected chi connectivity index (χ2v) is 14.3. The van der Waals surface area contributed by atoms with Gasteiger partial charge in [0.15, 0.2) is 11.6 Å². The number of alkyl halides is 1. The topological polar surface area (TPSA) is 61.8 Å². The minimum Gasteiger partial charge on any atom is -0.463 e. The standard InChI is InChI=1S/C29H41BrO5/c1-15-10-24(30)29(33-14-15)16(2)26-23(35-29)12-22-20-7-6-18-11-19(34-17(3)31)8-9-27(18,4)21(20)13-25(32)28(22,26)5/h13,15-16,18-20,22-24,26H,6-12,14H2,1-5H3/t15-,16-,18+,19+,20+,22-,23+,24-,26-,27+,28+,29+/m1/s1. The molecule has 5 nitrogen and oxygen atoms in total. The molecular weight excluding hydrogens is 508 g/mol. The summed E-state index contributed by atoms with van der Waals surface area (Å²) in [6.07, 6.45) is 9.26. The van der Waals surface area contributed by atoms with Gasteiger partial charge in [-0.05, 0) is 80.1 Å². The number of esters is 1. The van der Waals surface area contributed by atoms with E-state index in [1.165, 1.54) is 12.5 Å². The Labute approximate surface area is 218 Å². The Morgan fingerprint density at radius 2 is 1.91 bits per heavy atom. The van der Waals surface area contributed by atoms with Gasteiger partial charge in [-0.15, -0.1) is 0 Å². The summed E-state index contributed by atoms with van der Waals surface area (Å²) in [6, 6.07) is 0. The fourth-order valence-electron chi connectivity index (χ4n) is 9.70. The normalized spacial score (nSPS) is 55.0. The van der Waals surface area contributed by atoms with E-state index in [4.69, 9.17) is 14.2 Å². The molecule has 2 aliphatic heterocycles. The first-order valence-corrected chi connectivity index (χ1v) is 14.8. The van der Waals surface area contributed by atoms with Crippen LogP contribution in [0.25, 0.3) is 0 Å². The van der Waals surface area contributed by atoms with Crippen molar-refractivity contribution in [1.82, 2.24) is 0 Å². The summed E-state index contributed by atoms with van der Waals surface area (Å²) in [5.41, 5.74) is 1.04. The quantitative estimate of drug-likeness (QED) is 0.304. The Bertz CT molecular complexity index is 963. The molecule has 5 fully saturated rings. The van der Waals surface area contributed by atoms with Crippen molar-refractivity contribution in [2.24, 2.45) is 46.3 Å². The highest BCUT2D eigenvalue weighted by atomic mass is 79.9. The van der Waals surface area contributed by atoms with E-state index in [9.17, 15) is 9.59 Å². The van der Waals surface area contributed by atoms with Crippen LogP contribution in [0.2, 0.25) is 0 Å². The number of allylic oxidation sites excluding steroid dienone is 2. The van der Waals surface area contributed by atoms with Crippen LogP contribution < -0.4 is 0 Å². The average molecular weight is 550 g/mol. The molecule has 6 aliphatic rings. The predicted octanol–water partition coefficient (Wildman–Crippen LogP) is 5.84. The molecule has 6 heteroatoms. The van der Waals surface area contributed by atoms with Crippen molar-refractivity contribution in [3.8, 4) is 0 Å². The van der Waals surface area contributed by atoms with E-state index in [-0.39, 0.29) is 45.7 Å². The summed E-state index contributed by atoms with van der Waals surface area (Å²) >= 11 is 3.92. The smallest absolute Gasteiger partial charge is 0.302 e. The van der Waals surface area contributed by atoms with Gasteiger partial charge in [-0.25, -0.2) is 0 Å². The fraction of sp³-hybridized carbons (Fsp3) is 0.862. The molecule has 0 amide bonds. The second-order valence-electron chi connectivity index (χ2n) is 13.2. The van der Waals surface area contributed by atoms with Crippen molar-refractivity contribution in [2.45, 2.75) is 102 Å². The number of rotatable bonds is 1. The van der Waals surface area contributed by atoms with Crippen molar-refractivity contribution in [3.63, 3.8) is 0 Å². The molecule has 0 aromatic carbocycles. The molecular formula is C29H41BrO5. The van der Waals surface area contributed by atoms with Gasteiger partial charge >= 0.3 is 5.97 Å². The number of carbonyl (C=O) groups excluding carboxylic acids is 2. The van der Waals surface area contributed by atoms with E-state index in [0.717, 1.165) is 51.6 Å². The van der Waals surface area contributed by atoms with Crippen LogP contribution in [0.1, 0.15) is 79.6 Å². The molecule has 1 spiro atoms. The van der Waals surface area contributed by atoms with Gasteiger partial charge in [-0.2, -0.15) is 0 Å². The first-order valence-electron chi connectivity index (χ1n) is 13.9. The van der Waals surface area contributed by atoms with Crippen LogP contribution in [0.5, 0.6) is 0 Å². The number of fused-ring (bicyclic) bond motifs is 7. The van der Waals surface area contributed by atoms with Crippen molar-refractivity contribution >= 4 is 27.7 Å². The maximum absolute atomic E-state index is 14.1. The van der Waals surface area contributed by atoms with Crippen LogP contribution in [-0.2, 0) is 23.8 Å². The molecule has 2 saturated heterocycles. The highest BCUT2D eigenvalue weighted by Gasteiger charge is 2.71. The van der Waals surface area contributed by atoms with E-state index < -0.39 is 5.79 Å². The van der Waals surface area contributed by atoms with E-state index in [1.54, 1.807) is 0 Å². The van der Waals surface area contributed by atoms with E-state index in [0.29, 0.717) is 29.5 Å². The van der Waals surface area contributed by atoms with Crippen molar-refractivity contribution in [2.75, 3.05) is 6.61 Å². The van der Waals surface area contributed by atoms with Gasteiger partial charge in [-0.1, -0.05) is 49.2 Å². The molecule has 0 unspecified atom stereocenters. The lowest BCUT2D eigenvalue weighted by Gasteiger charge is -2.56. The van der Waals surface area contributed by atoms with E-state index >= 15 is 0 Å². The molecule has 2 heterocycles. The van der Waals surface area contributed by atoms with Crippen LogP contribution in [0.3, 0.4) is 0 Å². The Hall–Kier alpha value is -0.720. The summed E-state index contributed by atoms with van der Waals surface area (Å²) in [5, 5.41) is 0. The summed E-state index contributed by atoms with van der Waals surface area (Å²) in [7, 11) is 0. The van der Waals surface area contributed by atoms with Crippen LogP contribution >= 0.6 is 15.9 Å².